The van der Waals surface area contributed by atoms with E-state index in [1.807, 2.05) is 20.8 Å². The van der Waals surface area contributed by atoms with Crippen molar-refractivity contribution in [2.75, 3.05) is 11.9 Å². The molecular weight excluding hydrogens is 219 g/mol. The lowest BCUT2D eigenvalue weighted by Gasteiger charge is -2.13. The second kappa shape index (κ2) is 6.23. The fraction of sp³-hybridized carbons (Fsp3) is 0.462. The predicted octanol–water partition coefficient (Wildman–Crippen LogP) is 2.46. The van der Waals surface area contributed by atoms with Crippen LogP contribution in [-0.2, 0) is 4.79 Å². The maximum atomic E-state index is 13.0. The molecule has 0 aliphatic rings. The van der Waals surface area contributed by atoms with Crippen LogP contribution in [0.15, 0.2) is 18.2 Å². The van der Waals surface area contributed by atoms with Crippen LogP contribution < -0.4 is 10.6 Å². The maximum absolute atomic E-state index is 13.0. The molecule has 0 spiro atoms. The Morgan fingerprint density at radius 2 is 2.18 bits per heavy atom. The monoisotopic (exact) mass is 238 g/mol. The molecular formula is C13H19FN2O. The SMILES string of the molecule is CCC(C)NC(=O)CNc1cc(F)ccc1C. The molecule has 1 aromatic rings. The minimum absolute atomic E-state index is 0.0805. The van der Waals surface area contributed by atoms with Gasteiger partial charge in [-0.3, -0.25) is 4.79 Å². The molecule has 0 bridgehead atoms. The van der Waals surface area contributed by atoms with Crippen molar-refractivity contribution in [3.05, 3.63) is 29.6 Å². The summed E-state index contributed by atoms with van der Waals surface area (Å²) in [5.41, 5.74) is 1.58. The van der Waals surface area contributed by atoms with Crippen LogP contribution >= 0.6 is 0 Å². The molecule has 2 N–H and O–H groups in total. The highest BCUT2D eigenvalue weighted by Crippen LogP contribution is 2.15. The van der Waals surface area contributed by atoms with E-state index in [-0.39, 0.29) is 24.3 Å². The zero-order valence-corrected chi connectivity index (χ0v) is 10.5. The second-order valence-electron chi connectivity index (χ2n) is 4.19. The van der Waals surface area contributed by atoms with Crippen molar-refractivity contribution in [2.45, 2.75) is 33.2 Å². The fourth-order valence-electron chi connectivity index (χ4n) is 1.39. The number of amides is 1. The first-order valence-corrected chi connectivity index (χ1v) is 5.82. The van der Waals surface area contributed by atoms with Crippen molar-refractivity contribution in [1.82, 2.24) is 5.32 Å². The first kappa shape index (κ1) is 13.5. The van der Waals surface area contributed by atoms with E-state index < -0.39 is 0 Å². The Morgan fingerprint density at radius 3 is 2.82 bits per heavy atom. The molecule has 1 unspecified atom stereocenters. The van der Waals surface area contributed by atoms with Crippen LogP contribution in [0, 0.1) is 12.7 Å². The summed E-state index contributed by atoms with van der Waals surface area (Å²) in [5.74, 6) is -0.386. The van der Waals surface area contributed by atoms with Crippen LogP contribution in [0.2, 0.25) is 0 Å². The van der Waals surface area contributed by atoms with E-state index in [4.69, 9.17) is 0 Å². The summed E-state index contributed by atoms with van der Waals surface area (Å²) in [4.78, 5) is 11.5. The topological polar surface area (TPSA) is 41.1 Å². The third-order valence-corrected chi connectivity index (χ3v) is 2.66. The largest absolute Gasteiger partial charge is 0.376 e. The Hall–Kier alpha value is -1.58. The summed E-state index contributed by atoms with van der Waals surface area (Å²) < 4.78 is 13.0. The van der Waals surface area contributed by atoms with Crippen LogP contribution in [0.4, 0.5) is 10.1 Å². The van der Waals surface area contributed by atoms with Gasteiger partial charge in [0.05, 0.1) is 6.54 Å². The van der Waals surface area contributed by atoms with Gasteiger partial charge in [0, 0.05) is 11.7 Å². The van der Waals surface area contributed by atoms with E-state index in [1.54, 1.807) is 6.07 Å². The molecule has 0 saturated heterocycles. The standard InChI is InChI=1S/C13H19FN2O/c1-4-10(3)16-13(17)8-15-12-7-11(14)6-5-9(12)2/h5-7,10,15H,4,8H2,1-3H3,(H,16,17). The number of aryl methyl sites for hydroxylation is 1. The van der Waals surface area contributed by atoms with E-state index in [2.05, 4.69) is 10.6 Å². The molecule has 94 valence electrons. The summed E-state index contributed by atoms with van der Waals surface area (Å²) in [5, 5.41) is 5.77. The van der Waals surface area contributed by atoms with E-state index in [0.717, 1.165) is 12.0 Å². The molecule has 0 aliphatic heterocycles. The number of carbonyl (C=O) groups excluding carboxylic acids is 1. The molecule has 1 rings (SSSR count). The van der Waals surface area contributed by atoms with Gasteiger partial charge in [0.25, 0.3) is 0 Å². The van der Waals surface area contributed by atoms with E-state index in [0.29, 0.717) is 5.69 Å². The highest BCUT2D eigenvalue weighted by atomic mass is 19.1. The van der Waals surface area contributed by atoms with Gasteiger partial charge in [-0.25, -0.2) is 4.39 Å². The quantitative estimate of drug-likeness (QED) is 0.827. The van der Waals surface area contributed by atoms with Gasteiger partial charge in [0.2, 0.25) is 5.91 Å². The average molecular weight is 238 g/mol. The zero-order valence-electron chi connectivity index (χ0n) is 10.5. The Kier molecular flexibility index (Phi) is 4.94. The van der Waals surface area contributed by atoms with Gasteiger partial charge in [-0.2, -0.15) is 0 Å². The second-order valence-corrected chi connectivity index (χ2v) is 4.19. The third kappa shape index (κ3) is 4.43. The van der Waals surface area contributed by atoms with Crippen molar-refractivity contribution in [3.63, 3.8) is 0 Å². The number of hydrogen-bond donors (Lipinski definition) is 2. The lowest BCUT2D eigenvalue weighted by molar-refractivity contribution is -0.120. The number of hydrogen-bond acceptors (Lipinski definition) is 2. The Morgan fingerprint density at radius 1 is 1.47 bits per heavy atom. The van der Waals surface area contributed by atoms with Crippen molar-refractivity contribution >= 4 is 11.6 Å². The minimum atomic E-state index is -0.305. The Balaban J connectivity index is 2.50. The van der Waals surface area contributed by atoms with Gasteiger partial charge in [0.15, 0.2) is 0 Å². The molecule has 1 amide bonds. The molecule has 0 radical (unpaired) electrons. The molecule has 0 heterocycles. The maximum Gasteiger partial charge on any atom is 0.239 e. The summed E-state index contributed by atoms with van der Waals surface area (Å²) in [6.07, 6.45) is 0.894. The first-order chi connectivity index (χ1) is 8.02. The van der Waals surface area contributed by atoms with Crippen molar-refractivity contribution in [3.8, 4) is 0 Å². The Bertz CT molecular complexity index is 393. The fourth-order valence-corrected chi connectivity index (χ4v) is 1.39. The van der Waals surface area contributed by atoms with Crippen LogP contribution in [0.3, 0.4) is 0 Å². The van der Waals surface area contributed by atoms with E-state index in [1.165, 1.54) is 12.1 Å². The number of carbonyl (C=O) groups is 1. The van der Waals surface area contributed by atoms with Gasteiger partial charge in [0.1, 0.15) is 5.82 Å². The highest BCUT2D eigenvalue weighted by Gasteiger charge is 2.06. The molecule has 0 aliphatic carbocycles. The predicted molar refractivity (Wildman–Crippen MR) is 67.5 cm³/mol. The minimum Gasteiger partial charge on any atom is -0.376 e. The normalized spacial score (nSPS) is 12.0. The molecule has 17 heavy (non-hydrogen) atoms. The van der Waals surface area contributed by atoms with Crippen molar-refractivity contribution in [1.29, 1.82) is 0 Å². The summed E-state index contributed by atoms with van der Waals surface area (Å²) >= 11 is 0. The van der Waals surface area contributed by atoms with E-state index in [9.17, 15) is 9.18 Å². The first-order valence-electron chi connectivity index (χ1n) is 5.82. The summed E-state index contributed by atoms with van der Waals surface area (Å²) in [7, 11) is 0. The number of anilines is 1. The molecule has 0 fully saturated rings. The van der Waals surface area contributed by atoms with E-state index >= 15 is 0 Å². The van der Waals surface area contributed by atoms with Gasteiger partial charge in [-0.15, -0.1) is 0 Å². The van der Waals surface area contributed by atoms with Crippen molar-refractivity contribution in [2.24, 2.45) is 0 Å². The van der Waals surface area contributed by atoms with Crippen LogP contribution in [0.1, 0.15) is 25.8 Å². The zero-order chi connectivity index (χ0) is 12.8. The average Bonchev–Trinajstić information content (AvgIpc) is 2.30. The third-order valence-electron chi connectivity index (χ3n) is 2.66. The molecule has 0 aromatic heterocycles. The summed E-state index contributed by atoms with van der Waals surface area (Å²) in [6.45, 7) is 5.99. The van der Waals surface area contributed by atoms with Crippen molar-refractivity contribution < 1.29 is 9.18 Å². The van der Waals surface area contributed by atoms with Gasteiger partial charge >= 0.3 is 0 Å². The molecule has 1 aromatic carbocycles. The van der Waals surface area contributed by atoms with Crippen LogP contribution in [0.5, 0.6) is 0 Å². The molecule has 4 heteroatoms. The van der Waals surface area contributed by atoms with Gasteiger partial charge in [-0.05, 0) is 38.0 Å². The Labute approximate surface area is 101 Å². The van der Waals surface area contributed by atoms with Gasteiger partial charge in [-0.1, -0.05) is 13.0 Å². The number of benzene rings is 1. The smallest absolute Gasteiger partial charge is 0.239 e. The molecule has 3 nitrogen and oxygen atoms in total. The molecule has 0 saturated carbocycles. The number of halogens is 1. The lowest BCUT2D eigenvalue weighted by atomic mass is 10.2. The number of nitrogens with one attached hydrogen (secondary N) is 2. The number of rotatable bonds is 5. The molecule has 1 atom stereocenters. The highest BCUT2D eigenvalue weighted by molar-refractivity contribution is 5.81. The lowest BCUT2D eigenvalue weighted by Crippen LogP contribution is -2.36. The van der Waals surface area contributed by atoms with Crippen LogP contribution in [-0.4, -0.2) is 18.5 Å². The van der Waals surface area contributed by atoms with Crippen LogP contribution in [0.25, 0.3) is 0 Å². The van der Waals surface area contributed by atoms with Gasteiger partial charge < -0.3 is 10.6 Å². The summed E-state index contributed by atoms with van der Waals surface area (Å²) in [6, 6.07) is 4.65.